The molecule has 0 aliphatic carbocycles. The first-order chi connectivity index (χ1) is 8.60. The lowest BCUT2D eigenvalue weighted by Gasteiger charge is -2.52. The fraction of sp³-hybridized carbons (Fsp3) is 0.600. The first-order valence-electron chi connectivity index (χ1n) is 6.80. The van der Waals surface area contributed by atoms with Gasteiger partial charge in [-0.2, -0.15) is 0 Å². The van der Waals surface area contributed by atoms with Gasteiger partial charge in [0.2, 0.25) is 0 Å². The van der Waals surface area contributed by atoms with Crippen LogP contribution < -0.4 is 4.90 Å². The molecule has 0 bridgehead atoms. The molecule has 2 rings (SSSR count). The Balaban J connectivity index is 2.06. The summed E-state index contributed by atoms with van der Waals surface area (Å²) in [5, 5.41) is 0. The molecule has 0 N–H and O–H groups in total. The smallest absolute Gasteiger partial charge is 0.147 e. The minimum atomic E-state index is -0.119. The van der Waals surface area contributed by atoms with Crippen molar-refractivity contribution in [1.29, 1.82) is 0 Å². The molecule has 1 aromatic carbocycles. The van der Waals surface area contributed by atoms with Crippen molar-refractivity contribution in [2.24, 2.45) is 5.41 Å². The van der Waals surface area contributed by atoms with E-state index in [-0.39, 0.29) is 5.82 Å². The van der Waals surface area contributed by atoms with Gasteiger partial charge < -0.3 is 4.90 Å². The Hall–Kier alpha value is -0.570. The van der Waals surface area contributed by atoms with Gasteiger partial charge in [0.15, 0.2) is 0 Å². The predicted molar refractivity (Wildman–Crippen MR) is 78.6 cm³/mol. The van der Waals surface area contributed by atoms with Crippen molar-refractivity contribution in [3.05, 3.63) is 28.5 Å². The zero-order chi connectivity index (χ0) is 13.2. The van der Waals surface area contributed by atoms with Gasteiger partial charge in [-0.1, -0.05) is 42.6 Å². The second-order valence-corrected chi connectivity index (χ2v) is 6.37. The van der Waals surface area contributed by atoms with Crippen LogP contribution in [0.4, 0.5) is 10.1 Å². The Morgan fingerprint density at radius 2 is 1.83 bits per heavy atom. The van der Waals surface area contributed by atoms with Crippen LogP contribution in [0, 0.1) is 11.2 Å². The van der Waals surface area contributed by atoms with Crippen molar-refractivity contribution in [2.75, 3.05) is 18.0 Å². The maximum Gasteiger partial charge on any atom is 0.147 e. The summed E-state index contributed by atoms with van der Waals surface area (Å²) >= 11 is 3.30. The third-order valence-corrected chi connectivity index (χ3v) is 4.36. The average molecular weight is 314 g/mol. The molecule has 100 valence electrons. The second kappa shape index (κ2) is 5.60. The highest BCUT2D eigenvalue weighted by atomic mass is 79.9. The molecule has 18 heavy (non-hydrogen) atoms. The first-order valence-corrected chi connectivity index (χ1v) is 7.59. The van der Waals surface area contributed by atoms with Gasteiger partial charge in [-0.25, -0.2) is 4.39 Å². The molecule has 0 radical (unpaired) electrons. The monoisotopic (exact) mass is 313 g/mol. The largest absolute Gasteiger partial charge is 0.368 e. The molecule has 0 saturated carbocycles. The molecule has 0 aromatic heterocycles. The maximum absolute atomic E-state index is 13.9. The molecule has 0 atom stereocenters. The van der Waals surface area contributed by atoms with E-state index in [1.54, 1.807) is 6.07 Å². The normalized spacial score (nSPS) is 17.7. The van der Waals surface area contributed by atoms with Gasteiger partial charge in [-0.05, 0) is 31.0 Å². The zero-order valence-corrected chi connectivity index (χ0v) is 12.8. The van der Waals surface area contributed by atoms with Crippen molar-refractivity contribution >= 4 is 21.6 Å². The van der Waals surface area contributed by atoms with Crippen LogP contribution in [0.1, 0.15) is 39.5 Å². The van der Waals surface area contributed by atoms with Crippen LogP contribution in [0.2, 0.25) is 0 Å². The molecule has 1 aliphatic heterocycles. The van der Waals surface area contributed by atoms with E-state index >= 15 is 0 Å². The Labute approximate surface area is 118 Å². The molecule has 1 saturated heterocycles. The van der Waals surface area contributed by atoms with Crippen molar-refractivity contribution < 1.29 is 4.39 Å². The SMILES string of the molecule is CCCC1(CCC)CN(c2ccc(Br)cc2F)C1. The highest BCUT2D eigenvalue weighted by Gasteiger charge is 2.41. The molecule has 0 unspecified atom stereocenters. The van der Waals surface area contributed by atoms with E-state index in [0.29, 0.717) is 5.41 Å². The Morgan fingerprint density at radius 1 is 1.22 bits per heavy atom. The minimum Gasteiger partial charge on any atom is -0.368 e. The van der Waals surface area contributed by atoms with Crippen LogP contribution >= 0.6 is 15.9 Å². The fourth-order valence-electron chi connectivity index (χ4n) is 3.17. The van der Waals surface area contributed by atoms with Gasteiger partial charge >= 0.3 is 0 Å². The highest BCUT2D eigenvalue weighted by molar-refractivity contribution is 9.10. The summed E-state index contributed by atoms with van der Waals surface area (Å²) in [6, 6.07) is 5.34. The van der Waals surface area contributed by atoms with E-state index in [4.69, 9.17) is 0 Å². The molecule has 1 aromatic rings. The fourth-order valence-corrected chi connectivity index (χ4v) is 3.51. The van der Waals surface area contributed by atoms with Crippen molar-refractivity contribution in [3.8, 4) is 0 Å². The number of halogens is 2. The van der Waals surface area contributed by atoms with E-state index in [9.17, 15) is 4.39 Å². The maximum atomic E-state index is 13.9. The topological polar surface area (TPSA) is 3.24 Å². The lowest BCUT2D eigenvalue weighted by molar-refractivity contribution is 0.172. The first kappa shape index (κ1) is 13.9. The summed E-state index contributed by atoms with van der Waals surface area (Å²) in [5.74, 6) is -0.119. The van der Waals surface area contributed by atoms with Gasteiger partial charge in [0.05, 0.1) is 5.69 Å². The van der Waals surface area contributed by atoms with Crippen LogP contribution in [0.25, 0.3) is 0 Å². The summed E-state index contributed by atoms with van der Waals surface area (Å²) in [6.07, 6.45) is 4.96. The van der Waals surface area contributed by atoms with Crippen LogP contribution in [-0.2, 0) is 0 Å². The molecular formula is C15H21BrFN. The molecule has 1 aliphatic rings. The number of benzene rings is 1. The summed E-state index contributed by atoms with van der Waals surface area (Å²) in [5.41, 5.74) is 1.18. The molecule has 1 fully saturated rings. The summed E-state index contributed by atoms with van der Waals surface area (Å²) in [6.45, 7) is 6.49. The Bertz CT molecular complexity index is 405. The number of anilines is 1. The summed E-state index contributed by atoms with van der Waals surface area (Å²) in [4.78, 5) is 2.17. The van der Waals surface area contributed by atoms with Crippen LogP contribution in [0.5, 0.6) is 0 Å². The number of hydrogen-bond donors (Lipinski definition) is 0. The van der Waals surface area contributed by atoms with Crippen molar-refractivity contribution in [1.82, 2.24) is 0 Å². The van der Waals surface area contributed by atoms with Crippen molar-refractivity contribution in [2.45, 2.75) is 39.5 Å². The second-order valence-electron chi connectivity index (χ2n) is 5.45. The summed E-state index contributed by atoms with van der Waals surface area (Å²) in [7, 11) is 0. The van der Waals surface area contributed by atoms with E-state index in [0.717, 1.165) is 23.2 Å². The summed E-state index contributed by atoms with van der Waals surface area (Å²) < 4.78 is 14.7. The quantitative estimate of drug-likeness (QED) is 0.739. The third-order valence-electron chi connectivity index (χ3n) is 3.86. The average Bonchev–Trinajstić information content (AvgIpc) is 2.26. The molecule has 0 amide bonds. The Kier molecular flexibility index (Phi) is 4.31. The van der Waals surface area contributed by atoms with Gasteiger partial charge in [0, 0.05) is 23.0 Å². The molecular weight excluding hydrogens is 293 g/mol. The van der Waals surface area contributed by atoms with Gasteiger partial charge in [-0.15, -0.1) is 0 Å². The number of rotatable bonds is 5. The van der Waals surface area contributed by atoms with Crippen LogP contribution in [0.15, 0.2) is 22.7 Å². The predicted octanol–water partition coefficient (Wildman–Crippen LogP) is 4.99. The van der Waals surface area contributed by atoms with Gasteiger partial charge in [0.1, 0.15) is 5.82 Å². The van der Waals surface area contributed by atoms with E-state index in [1.165, 1.54) is 25.7 Å². The molecule has 1 nitrogen and oxygen atoms in total. The molecule has 1 heterocycles. The minimum absolute atomic E-state index is 0.119. The zero-order valence-electron chi connectivity index (χ0n) is 11.2. The van der Waals surface area contributed by atoms with Crippen LogP contribution in [-0.4, -0.2) is 13.1 Å². The highest BCUT2D eigenvalue weighted by Crippen LogP contribution is 2.42. The van der Waals surface area contributed by atoms with E-state index in [2.05, 4.69) is 34.7 Å². The molecule has 0 spiro atoms. The van der Waals surface area contributed by atoms with Gasteiger partial charge in [0.25, 0.3) is 0 Å². The number of nitrogens with zero attached hydrogens (tertiary/aromatic N) is 1. The van der Waals surface area contributed by atoms with E-state index < -0.39 is 0 Å². The molecule has 3 heteroatoms. The third kappa shape index (κ3) is 2.71. The Morgan fingerprint density at radius 3 is 2.33 bits per heavy atom. The van der Waals surface area contributed by atoms with Crippen LogP contribution in [0.3, 0.4) is 0 Å². The lowest BCUT2D eigenvalue weighted by atomic mass is 9.72. The van der Waals surface area contributed by atoms with Crippen molar-refractivity contribution in [3.63, 3.8) is 0 Å². The number of hydrogen-bond acceptors (Lipinski definition) is 1. The standard InChI is InChI=1S/C15H21BrFN/c1-3-7-15(8-4-2)10-18(11-15)14-6-5-12(16)9-13(14)17/h5-6,9H,3-4,7-8,10-11H2,1-2H3. The van der Waals surface area contributed by atoms with E-state index in [1.807, 2.05) is 12.1 Å². The van der Waals surface area contributed by atoms with Gasteiger partial charge in [-0.3, -0.25) is 0 Å². The lowest BCUT2D eigenvalue weighted by Crippen LogP contribution is -2.56.